The Labute approximate surface area is 320 Å². The Hall–Kier alpha value is -1.25. The van der Waals surface area contributed by atoms with E-state index in [0.29, 0.717) is 23.9 Å². The van der Waals surface area contributed by atoms with Crippen molar-refractivity contribution < 1.29 is 42.1 Å². The van der Waals surface area contributed by atoms with E-state index in [1.807, 2.05) is 21.1 Å². The Bertz CT molecular complexity index is 907. The SMILES string of the molecule is CCCCCCCCCCCCCCCC(=O)OC[C@@H](COP(=O)(O)OCC[N+](C)(C)C)O[13C](=O)[13CH2][13CH2][13CH2][13CH2][13CH2][13CH2][13CH2]/[13CH]=[13CH]\[13CH2][13CH2][13CH2][13CH2][13CH2][13CH2][13CH2][13CH3]. The summed E-state index contributed by atoms with van der Waals surface area (Å²) >= 11 is 0. The summed E-state index contributed by atoms with van der Waals surface area (Å²) in [4.78, 5) is 35.3. The highest BCUT2D eigenvalue weighted by Crippen LogP contribution is 2.43. The molecule has 0 saturated carbocycles. The molecule has 0 heterocycles. The standard InChI is InChI=1S/C42H82NO8P/c1-6-8-10-12-14-16-18-20-21-23-25-27-29-31-33-35-42(45)51-40(39-50-52(46,47)49-37-36-43(3,4)5)38-48-41(44)34-32-30-28-26-24-22-19-17-15-13-11-9-7-2/h20-21,40H,6-19,22-39H2,1-5H3/p+1/b21-20-/t40-/m0/s1/i1+1,6+1,8+1,10+1,12+1,14+1,16+1,18+1,20+1,21+1,23+1,25+1,27+1,29+1,31+1,33+1,35+1,42+1. The number of hydrogen-bond acceptors (Lipinski definition) is 7. The van der Waals surface area contributed by atoms with E-state index in [0.717, 1.165) is 51.4 Å². The van der Waals surface area contributed by atoms with Gasteiger partial charge in [-0.05, 0) is 38.5 Å². The number of ether oxygens (including phenoxy) is 2. The van der Waals surface area contributed by atoms with E-state index in [1.165, 1.54) is 109 Å². The average molecular weight is 779 g/mol. The molecule has 0 aromatic heterocycles. The number of carbonyl (C=O) groups is 2. The van der Waals surface area contributed by atoms with Crippen molar-refractivity contribution in [1.82, 2.24) is 0 Å². The minimum Gasteiger partial charge on any atom is -0.462 e. The lowest BCUT2D eigenvalue weighted by Crippen LogP contribution is -2.37. The third-order valence-corrected chi connectivity index (χ3v) is 10.3. The molecule has 0 fully saturated rings. The number of nitrogens with zero attached hydrogens (tertiary/aromatic N) is 1. The Kier molecular flexibility index (Phi) is 34.6. The Morgan fingerprint density at radius 3 is 1.42 bits per heavy atom. The second kappa shape index (κ2) is 35.5. The molecule has 1 unspecified atom stereocenters. The van der Waals surface area contributed by atoms with E-state index >= 15 is 0 Å². The van der Waals surface area contributed by atoms with Gasteiger partial charge in [0.2, 0.25) is 0 Å². The van der Waals surface area contributed by atoms with E-state index in [4.69, 9.17) is 18.5 Å². The minimum atomic E-state index is -4.37. The number of quaternary nitrogens is 1. The molecule has 0 rings (SSSR count). The minimum absolute atomic E-state index is 0.0331. The molecule has 9 nitrogen and oxygen atoms in total. The molecular weight excluding hydrogens is 695 g/mol. The largest absolute Gasteiger partial charge is 0.472 e. The smallest absolute Gasteiger partial charge is 0.462 e. The molecule has 0 amide bonds. The van der Waals surface area contributed by atoms with E-state index in [2.05, 4.69) is 26.0 Å². The van der Waals surface area contributed by atoms with Gasteiger partial charge in [-0.1, -0.05) is 154 Å². The first kappa shape index (κ1) is 50.8. The van der Waals surface area contributed by atoms with Crippen LogP contribution in [0.1, 0.15) is 194 Å². The number of likely N-dealkylation sites (N-methyl/N-ethyl adjacent to an activating group) is 1. The zero-order valence-electron chi connectivity index (χ0n) is 34.6. The molecule has 52 heavy (non-hydrogen) atoms. The summed E-state index contributed by atoms with van der Waals surface area (Å²) in [5, 5.41) is 0. The van der Waals surface area contributed by atoms with Crippen molar-refractivity contribution in [3.63, 3.8) is 0 Å². The number of unbranched alkanes of at least 4 members (excludes halogenated alkanes) is 23. The van der Waals surface area contributed by atoms with Gasteiger partial charge in [-0.3, -0.25) is 18.6 Å². The van der Waals surface area contributed by atoms with Crippen LogP contribution in [0.15, 0.2) is 12.2 Å². The van der Waals surface area contributed by atoms with Gasteiger partial charge in [-0.25, -0.2) is 4.57 Å². The van der Waals surface area contributed by atoms with Crippen LogP contribution in [0.5, 0.6) is 0 Å². The second-order valence-electron chi connectivity index (χ2n) is 15.7. The maximum Gasteiger partial charge on any atom is 0.472 e. The molecular formula is C42H83NO8P+. The topological polar surface area (TPSA) is 108 Å². The predicted molar refractivity (Wildman–Crippen MR) is 215 cm³/mol. The van der Waals surface area contributed by atoms with Crippen LogP contribution in [0.4, 0.5) is 0 Å². The van der Waals surface area contributed by atoms with Crippen LogP contribution in [0.2, 0.25) is 0 Å². The highest BCUT2D eigenvalue weighted by molar-refractivity contribution is 7.47. The number of allylic oxidation sites excluding steroid dienone is 2. The molecule has 308 valence electrons. The highest BCUT2D eigenvalue weighted by atomic mass is 31.2. The van der Waals surface area contributed by atoms with Gasteiger partial charge in [-0.15, -0.1) is 0 Å². The van der Waals surface area contributed by atoms with Crippen molar-refractivity contribution in [2.45, 2.75) is 200 Å². The third-order valence-electron chi connectivity index (χ3n) is 9.30. The fraction of sp³-hybridized carbons (Fsp3) is 0.905. The molecule has 0 aromatic carbocycles. The summed E-state index contributed by atoms with van der Waals surface area (Å²) in [5.41, 5.74) is 0. The fourth-order valence-corrected chi connectivity index (χ4v) is 6.63. The van der Waals surface area contributed by atoms with Gasteiger partial charge in [0.05, 0.1) is 27.7 Å². The summed E-state index contributed by atoms with van der Waals surface area (Å²) < 4.78 is 34.3. The molecule has 10 heteroatoms. The van der Waals surface area contributed by atoms with Crippen LogP contribution < -0.4 is 0 Å². The maximum absolute atomic E-state index is 12.7. The predicted octanol–water partition coefficient (Wildman–Crippen LogP) is 11.8. The van der Waals surface area contributed by atoms with Crippen molar-refractivity contribution in [2.24, 2.45) is 0 Å². The first-order valence-corrected chi connectivity index (χ1v) is 22.9. The van der Waals surface area contributed by atoms with Crippen molar-refractivity contribution in [3.8, 4) is 0 Å². The maximum atomic E-state index is 12.7. The molecule has 0 aliphatic carbocycles. The highest BCUT2D eigenvalue weighted by Gasteiger charge is 2.27. The van der Waals surface area contributed by atoms with Crippen LogP contribution in [0, 0.1) is 0 Å². The quantitative estimate of drug-likeness (QED) is 0.0164. The molecule has 0 bridgehead atoms. The van der Waals surface area contributed by atoms with Crippen molar-refractivity contribution in [2.75, 3.05) is 47.5 Å². The molecule has 0 aliphatic heterocycles. The van der Waals surface area contributed by atoms with Crippen molar-refractivity contribution in [3.05, 3.63) is 12.2 Å². The average Bonchev–Trinajstić information content (AvgIpc) is 3.09. The molecule has 0 aromatic rings. The number of esters is 2. The summed E-state index contributed by atoms with van der Waals surface area (Å²) in [6.07, 6.45) is 35.3. The van der Waals surface area contributed by atoms with Crippen LogP contribution >= 0.6 is 7.82 Å². The summed E-state index contributed by atoms with van der Waals surface area (Å²) in [5.74, 6) is -0.801. The first-order chi connectivity index (χ1) is 25.0. The summed E-state index contributed by atoms with van der Waals surface area (Å²) in [7, 11) is 1.48. The van der Waals surface area contributed by atoms with E-state index < -0.39 is 26.5 Å². The van der Waals surface area contributed by atoms with E-state index in [1.54, 1.807) is 0 Å². The molecule has 0 radical (unpaired) electrons. The zero-order chi connectivity index (χ0) is 38.6. The Morgan fingerprint density at radius 2 is 0.981 bits per heavy atom. The number of hydrogen-bond donors (Lipinski definition) is 1. The Morgan fingerprint density at radius 1 is 0.577 bits per heavy atom. The van der Waals surface area contributed by atoms with Crippen LogP contribution in [0.3, 0.4) is 0 Å². The monoisotopic (exact) mass is 779 g/mol. The van der Waals surface area contributed by atoms with Crippen LogP contribution in [-0.4, -0.2) is 74.9 Å². The molecule has 0 spiro atoms. The van der Waals surface area contributed by atoms with Crippen molar-refractivity contribution in [1.29, 1.82) is 0 Å². The fourth-order valence-electron chi connectivity index (χ4n) is 5.89. The lowest BCUT2D eigenvalue weighted by molar-refractivity contribution is -0.870. The third kappa shape index (κ3) is 38.5. The molecule has 0 aliphatic rings. The molecule has 0 saturated heterocycles. The number of phosphoric ester groups is 1. The summed E-state index contributed by atoms with van der Waals surface area (Å²) in [6.45, 7) is 4.42. The van der Waals surface area contributed by atoms with Gasteiger partial charge in [-0.2, -0.15) is 0 Å². The molecule has 1 N–H and O–H groups in total. The first-order valence-electron chi connectivity index (χ1n) is 21.4. The normalized spacial score (nSPS) is 13.7. The van der Waals surface area contributed by atoms with Crippen molar-refractivity contribution >= 4 is 19.8 Å². The number of carbonyl (C=O) groups excluding carboxylic acids is 2. The summed E-state index contributed by atoms with van der Waals surface area (Å²) in [6, 6.07) is 0. The van der Waals surface area contributed by atoms with Gasteiger partial charge in [0.15, 0.2) is 6.10 Å². The van der Waals surface area contributed by atoms with Gasteiger partial charge in [0.1, 0.15) is 19.8 Å². The Balaban J connectivity index is 4.37. The molecule has 2 atom stereocenters. The number of rotatable bonds is 39. The van der Waals surface area contributed by atoms with E-state index in [9.17, 15) is 19.0 Å². The van der Waals surface area contributed by atoms with Gasteiger partial charge in [0.25, 0.3) is 0 Å². The number of phosphoric acid groups is 1. The van der Waals surface area contributed by atoms with Gasteiger partial charge in [0, 0.05) is 12.8 Å². The lowest BCUT2D eigenvalue weighted by atomic mass is 10.0. The lowest BCUT2D eigenvalue weighted by Gasteiger charge is -2.24. The van der Waals surface area contributed by atoms with Crippen LogP contribution in [0.25, 0.3) is 0 Å². The van der Waals surface area contributed by atoms with Crippen LogP contribution in [-0.2, 0) is 32.7 Å². The van der Waals surface area contributed by atoms with Gasteiger partial charge < -0.3 is 18.9 Å². The van der Waals surface area contributed by atoms with E-state index in [-0.39, 0.29) is 25.6 Å². The van der Waals surface area contributed by atoms with Gasteiger partial charge >= 0.3 is 19.8 Å². The second-order valence-corrected chi connectivity index (χ2v) is 17.2. The zero-order valence-corrected chi connectivity index (χ0v) is 35.5.